The van der Waals surface area contributed by atoms with E-state index in [2.05, 4.69) is 41.5 Å². The van der Waals surface area contributed by atoms with Gasteiger partial charge in [0.15, 0.2) is 0 Å². The number of azo groups is 1. The van der Waals surface area contributed by atoms with Crippen molar-refractivity contribution in [1.82, 2.24) is 4.31 Å². The Labute approximate surface area is 194 Å². The molecule has 5 nitrogen and oxygen atoms in total. The molecular weight excluding hydrogens is 418 g/mol. The van der Waals surface area contributed by atoms with Gasteiger partial charge >= 0.3 is 0 Å². The summed E-state index contributed by atoms with van der Waals surface area (Å²) in [5.74, 6) is 0. The molecule has 3 aliphatic heterocycles. The Bertz CT molecular complexity index is 1030. The van der Waals surface area contributed by atoms with Gasteiger partial charge < -0.3 is 0 Å². The first-order valence-corrected chi connectivity index (χ1v) is 14.1. The van der Waals surface area contributed by atoms with Crippen LogP contribution in [0.2, 0.25) is 0 Å². The molecule has 1 aliphatic carbocycles. The minimum absolute atomic E-state index is 0.104. The first-order chi connectivity index (χ1) is 15.1. The Kier molecular flexibility index (Phi) is 5.18. The van der Waals surface area contributed by atoms with Gasteiger partial charge in [-0.15, -0.1) is 0 Å². The van der Waals surface area contributed by atoms with Crippen molar-refractivity contribution in [3.63, 3.8) is 0 Å². The number of nitrogens with zero attached hydrogens (tertiary/aromatic N) is 3. The van der Waals surface area contributed by atoms with Gasteiger partial charge in [-0.25, -0.2) is 8.42 Å². The molecular formula is C26H39N3O2S. The summed E-state index contributed by atoms with van der Waals surface area (Å²) in [6.07, 6.45) is 9.18. The van der Waals surface area contributed by atoms with Gasteiger partial charge in [-0.2, -0.15) is 14.5 Å². The summed E-state index contributed by atoms with van der Waals surface area (Å²) in [6.45, 7) is 13.0. The van der Waals surface area contributed by atoms with E-state index >= 15 is 0 Å². The van der Waals surface area contributed by atoms with Gasteiger partial charge in [-0.05, 0) is 87.8 Å². The van der Waals surface area contributed by atoms with Crippen LogP contribution in [0.3, 0.4) is 0 Å². The zero-order valence-corrected chi connectivity index (χ0v) is 21.5. The minimum Gasteiger partial charge on any atom is -0.212 e. The quantitative estimate of drug-likeness (QED) is 0.538. The SMILES string of the molecule is Cc1c(C)c(C)c2c(c1C)C1(C)C3CC(N=N3)C2(C)N1S(=O)(=O)C1CCCCCCCC1. The van der Waals surface area contributed by atoms with Crippen LogP contribution in [0.4, 0.5) is 0 Å². The van der Waals surface area contributed by atoms with Crippen molar-refractivity contribution in [2.45, 2.75) is 128 Å². The van der Waals surface area contributed by atoms with Crippen molar-refractivity contribution in [2.24, 2.45) is 10.2 Å². The summed E-state index contributed by atoms with van der Waals surface area (Å²) < 4.78 is 31.2. The highest BCUT2D eigenvalue weighted by Gasteiger charge is 2.71. The molecule has 6 heteroatoms. The van der Waals surface area contributed by atoms with Crippen molar-refractivity contribution < 1.29 is 8.42 Å². The van der Waals surface area contributed by atoms with E-state index in [9.17, 15) is 8.42 Å². The van der Waals surface area contributed by atoms with Gasteiger partial charge in [0, 0.05) is 6.42 Å². The number of hydrogen-bond acceptors (Lipinski definition) is 4. The summed E-state index contributed by atoms with van der Waals surface area (Å²) in [5.41, 5.74) is 6.17. The molecule has 0 spiro atoms. The lowest BCUT2D eigenvalue weighted by atomic mass is 9.79. The molecule has 1 saturated carbocycles. The maximum atomic E-state index is 14.6. The fraction of sp³-hybridized carbons (Fsp3) is 0.769. The van der Waals surface area contributed by atoms with E-state index in [1.54, 1.807) is 0 Å². The van der Waals surface area contributed by atoms with E-state index in [4.69, 9.17) is 10.2 Å². The highest BCUT2D eigenvalue weighted by Crippen LogP contribution is 2.65. The van der Waals surface area contributed by atoms with Crippen molar-refractivity contribution in [3.05, 3.63) is 33.4 Å². The number of fused-ring (bicyclic) bond motifs is 9. The normalized spacial score (nSPS) is 35.4. The molecule has 0 N–H and O–H groups in total. The molecule has 32 heavy (non-hydrogen) atoms. The summed E-state index contributed by atoms with van der Waals surface area (Å²) in [4.78, 5) is 0. The molecule has 3 heterocycles. The molecule has 1 aromatic rings. The van der Waals surface area contributed by atoms with Crippen LogP contribution >= 0.6 is 0 Å². The maximum Gasteiger partial charge on any atom is 0.218 e. The molecule has 1 aromatic carbocycles. The number of sulfonamides is 1. The van der Waals surface area contributed by atoms with Gasteiger partial charge in [-0.1, -0.05) is 38.5 Å². The van der Waals surface area contributed by atoms with Crippen LogP contribution in [0.1, 0.15) is 105 Å². The van der Waals surface area contributed by atoms with Gasteiger partial charge in [0.25, 0.3) is 0 Å². The van der Waals surface area contributed by atoms with Crippen LogP contribution in [0, 0.1) is 27.7 Å². The fourth-order valence-electron chi connectivity index (χ4n) is 7.59. The Hall–Kier alpha value is -1.27. The third-order valence-electron chi connectivity index (χ3n) is 9.61. The molecule has 4 aliphatic rings. The predicted octanol–water partition coefficient (Wildman–Crippen LogP) is 6.11. The minimum atomic E-state index is -3.53. The zero-order chi connectivity index (χ0) is 23.1. The van der Waals surface area contributed by atoms with Gasteiger partial charge in [-0.3, -0.25) is 0 Å². The molecule has 0 amide bonds. The maximum absolute atomic E-state index is 14.6. The largest absolute Gasteiger partial charge is 0.218 e. The van der Waals surface area contributed by atoms with Crippen molar-refractivity contribution in [3.8, 4) is 0 Å². The number of hydrogen-bond donors (Lipinski definition) is 0. The Morgan fingerprint density at radius 1 is 0.719 bits per heavy atom. The van der Waals surface area contributed by atoms with Gasteiger partial charge in [0.1, 0.15) is 0 Å². The molecule has 0 aromatic heterocycles. The second-order valence-electron chi connectivity index (χ2n) is 11.2. The average molecular weight is 458 g/mol. The van der Waals surface area contributed by atoms with Crippen LogP contribution in [0.15, 0.2) is 10.2 Å². The summed E-state index contributed by atoms with van der Waals surface area (Å²) in [5, 5.41) is 9.09. The molecule has 4 unspecified atom stereocenters. The fourth-order valence-corrected chi connectivity index (χ4v) is 10.3. The van der Waals surface area contributed by atoms with Crippen LogP contribution in [0.25, 0.3) is 0 Å². The van der Waals surface area contributed by atoms with E-state index in [-0.39, 0.29) is 17.3 Å². The molecule has 176 valence electrons. The molecule has 2 fully saturated rings. The highest BCUT2D eigenvalue weighted by atomic mass is 32.2. The number of rotatable bonds is 2. The van der Waals surface area contributed by atoms with Crippen LogP contribution in [0.5, 0.6) is 0 Å². The Balaban J connectivity index is 1.74. The summed E-state index contributed by atoms with van der Waals surface area (Å²) >= 11 is 0. The first-order valence-electron chi connectivity index (χ1n) is 12.6. The highest BCUT2D eigenvalue weighted by molar-refractivity contribution is 7.89. The lowest BCUT2D eigenvalue weighted by molar-refractivity contribution is 0.0418. The smallest absolute Gasteiger partial charge is 0.212 e. The van der Waals surface area contributed by atoms with Crippen LogP contribution in [-0.2, 0) is 21.1 Å². The zero-order valence-electron chi connectivity index (χ0n) is 20.7. The summed E-state index contributed by atoms with van der Waals surface area (Å²) in [7, 11) is -3.53. The van der Waals surface area contributed by atoms with E-state index in [0.717, 1.165) is 44.9 Å². The second-order valence-corrected chi connectivity index (χ2v) is 13.2. The predicted molar refractivity (Wildman–Crippen MR) is 129 cm³/mol. The second kappa shape index (κ2) is 7.36. The van der Waals surface area contributed by atoms with Crippen molar-refractivity contribution in [1.29, 1.82) is 0 Å². The van der Waals surface area contributed by atoms with Crippen molar-refractivity contribution >= 4 is 10.0 Å². The Morgan fingerprint density at radius 3 is 1.56 bits per heavy atom. The lowest BCUT2D eigenvalue weighted by Gasteiger charge is -2.50. The first kappa shape index (κ1) is 22.5. The van der Waals surface area contributed by atoms with Crippen molar-refractivity contribution in [2.75, 3.05) is 0 Å². The Morgan fingerprint density at radius 2 is 1.12 bits per heavy atom. The topological polar surface area (TPSA) is 62.1 Å². The molecule has 0 radical (unpaired) electrons. The van der Waals surface area contributed by atoms with E-state index in [0.29, 0.717) is 0 Å². The van der Waals surface area contributed by atoms with Gasteiger partial charge in [0.05, 0.1) is 28.4 Å². The van der Waals surface area contributed by atoms with E-state index in [1.807, 2.05) is 4.31 Å². The van der Waals surface area contributed by atoms with Crippen LogP contribution < -0.4 is 0 Å². The average Bonchev–Trinajstić information content (AvgIpc) is 3.31. The lowest BCUT2D eigenvalue weighted by Crippen LogP contribution is -2.64. The number of piperidine rings is 1. The molecule has 4 atom stereocenters. The molecule has 5 rings (SSSR count). The molecule has 4 bridgehead atoms. The van der Waals surface area contributed by atoms with Gasteiger partial charge in [0.2, 0.25) is 10.0 Å². The monoisotopic (exact) mass is 457 g/mol. The third kappa shape index (κ3) is 2.68. The standard InChI is InChI=1S/C26H39N3O2S/c1-16-17(2)19(4)24-23(18(16)3)25(5)21-15-22(28-27-21)26(24,6)29(25)32(30,31)20-13-11-9-7-8-10-12-14-20/h20-22H,7-15H2,1-6H3. The number of benzene rings is 1. The van der Waals surface area contributed by atoms with E-state index in [1.165, 1.54) is 46.2 Å². The van der Waals surface area contributed by atoms with E-state index < -0.39 is 21.1 Å². The molecule has 1 saturated heterocycles. The van der Waals surface area contributed by atoms with Crippen LogP contribution in [-0.4, -0.2) is 30.1 Å². The summed E-state index contributed by atoms with van der Waals surface area (Å²) in [6, 6.07) is -0.207. The third-order valence-corrected chi connectivity index (χ3v) is 12.2.